The number of anilines is 1. The summed E-state index contributed by atoms with van der Waals surface area (Å²) in [5.41, 5.74) is 4.14. The number of aromatic nitrogens is 1. The number of carbonyl (C=O) groups excluding carboxylic acids is 1. The van der Waals surface area contributed by atoms with Crippen molar-refractivity contribution in [2.45, 2.75) is 13.2 Å². The van der Waals surface area contributed by atoms with Gasteiger partial charge in [0.2, 0.25) is 0 Å². The molecule has 5 rings (SSSR count). The second kappa shape index (κ2) is 9.04. The number of nitrogens with one attached hydrogen (secondary N) is 1. The first-order chi connectivity index (χ1) is 16.2. The molecule has 6 heteroatoms. The Kier molecular flexibility index (Phi) is 5.64. The van der Waals surface area contributed by atoms with Gasteiger partial charge in [0.05, 0.1) is 11.8 Å². The van der Waals surface area contributed by atoms with E-state index in [0.29, 0.717) is 30.1 Å². The van der Waals surface area contributed by atoms with Crippen LogP contribution in [0.15, 0.2) is 102 Å². The molecule has 0 saturated carbocycles. The van der Waals surface area contributed by atoms with Crippen LogP contribution in [0.4, 0.5) is 10.1 Å². The average molecular weight is 440 g/mol. The van der Waals surface area contributed by atoms with E-state index in [1.165, 1.54) is 12.1 Å². The Morgan fingerprint density at radius 2 is 1.73 bits per heavy atom. The largest absolute Gasteiger partial charge is 0.489 e. The summed E-state index contributed by atoms with van der Waals surface area (Å²) in [6.07, 6.45) is 1.57. The molecule has 0 bridgehead atoms. The van der Waals surface area contributed by atoms with E-state index in [1.807, 2.05) is 65.2 Å². The van der Waals surface area contributed by atoms with Crippen molar-refractivity contribution in [3.8, 4) is 5.75 Å². The highest BCUT2D eigenvalue weighted by atomic mass is 19.1. The lowest BCUT2D eigenvalue weighted by Gasteiger charge is -2.12. The molecule has 1 N–H and O–H groups in total. The van der Waals surface area contributed by atoms with Crippen LogP contribution >= 0.6 is 0 Å². The first-order valence-corrected chi connectivity index (χ1v) is 10.5. The van der Waals surface area contributed by atoms with Gasteiger partial charge in [-0.3, -0.25) is 4.79 Å². The first kappa shape index (κ1) is 20.6. The predicted molar refractivity (Wildman–Crippen MR) is 125 cm³/mol. The summed E-state index contributed by atoms with van der Waals surface area (Å²) in [5, 5.41) is 2.95. The second-order valence-corrected chi connectivity index (χ2v) is 7.67. The summed E-state index contributed by atoms with van der Waals surface area (Å²) >= 11 is 0. The van der Waals surface area contributed by atoms with E-state index < -0.39 is 0 Å². The molecule has 0 aliphatic heterocycles. The summed E-state index contributed by atoms with van der Waals surface area (Å²) in [6, 6.07) is 26.9. The number of fused-ring (bicyclic) bond motifs is 1. The van der Waals surface area contributed by atoms with Gasteiger partial charge in [-0.2, -0.15) is 0 Å². The Morgan fingerprint density at radius 1 is 0.909 bits per heavy atom. The quantitative estimate of drug-likeness (QED) is 0.325. The standard InChI is InChI=1S/C27H21FN2O3/c28-21-8-4-6-19(14-21)17-30-24-12-13-32-26(24)16-25(30)27(31)29-22-9-5-7-20(15-22)18-33-23-10-2-1-3-11-23/h1-16H,17-18H2,(H,29,31). The number of carbonyl (C=O) groups is 1. The van der Waals surface area contributed by atoms with Crippen LogP contribution < -0.4 is 10.1 Å². The van der Waals surface area contributed by atoms with Crippen LogP contribution in [-0.4, -0.2) is 10.5 Å². The highest BCUT2D eigenvalue weighted by Crippen LogP contribution is 2.24. The average Bonchev–Trinajstić information content (AvgIpc) is 3.41. The Bertz CT molecular complexity index is 1410. The van der Waals surface area contributed by atoms with Gasteiger partial charge in [-0.1, -0.05) is 42.5 Å². The minimum absolute atomic E-state index is 0.279. The molecule has 3 aromatic carbocycles. The van der Waals surface area contributed by atoms with E-state index in [-0.39, 0.29) is 11.7 Å². The molecule has 0 spiro atoms. The minimum Gasteiger partial charge on any atom is -0.489 e. The molecule has 5 nitrogen and oxygen atoms in total. The number of para-hydroxylation sites is 1. The monoisotopic (exact) mass is 440 g/mol. The van der Waals surface area contributed by atoms with Crippen molar-refractivity contribution >= 4 is 22.7 Å². The summed E-state index contributed by atoms with van der Waals surface area (Å²) in [4.78, 5) is 13.2. The van der Waals surface area contributed by atoms with Crippen LogP contribution in [0.1, 0.15) is 21.6 Å². The van der Waals surface area contributed by atoms with Crippen molar-refractivity contribution in [2.24, 2.45) is 0 Å². The molecular weight excluding hydrogens is 419 g/mol. The van der Waals surface area contributed by atoms with Crippen molar-refractivity contribution < 1.29 is 18.3 Å². The van der Waals surface area contributed by atoms with Crippen LogP contribution in [0.25, 0.3) is 11.1 Å². The summed E-state index contributed by atoms with van der Waals surface area (Å²) in [6.45, 7) is 0.727. The molecule has 1 amide bonds. The summed E-state index contributed by atoms with van der Waals surface area (Å²) in [7, 11) is 0. The van der Waals surface area contributed by atoms with E-state index in [2.05, 4.69) is 5.32 Å². The molecule has 0 unspecified atom stereocenters. The third kappa shape index (κ3) is 4.65. The number of nitrogens with zero attached hydrogens (tertiary/aromatic N) is 1. The fraction of sp³-hybridized carbons (Fsp3) is 0.0741. The lowest BCUT2D eigenvalue weighted by atomic mass is 10.2. The molecule has 2 aromatic heterocycles. The van der Waals surface area contributed by atoms with Crippen molar-refractivity contribution in [1.82, 2.24) is 4.57 Å². The highest BCUT2D eigenvalue weighted by Gasteiger charge is 2.18. The maximum Gasteiger partial charge on any atom is 0.272 e. The van der Waals surface area contributed by atoms with Crippen molar-refractivity contribution in [1.29, 1.82) is 0 Å². The van der Waals surface area contributed by atoms with Gasteiger partial charge in [0.25, 0.3) is 5.91 Å². The number of hydrogen-bond acceptors (Lipinski definition) is 3. The predicted octanol–water partition coefficient (Wildman–Crippen LogP) is 6.25. The van der Waals surface area contributed by atoms with Crippen molar-refractivity contribution in [3.63, 3.8) is 0 Å². The van der Waals surface area contributed by atoms with Gasteiger partial charge in [-0.15, -0.1) is 0 Å². The van der Waals surface area contributed by atoms with E-state index in [0.717, 1.165) is 22.4 Å². The zero-order chi connectivity index (χ0) is 22.6. The Balaban J connectivity index is 1.36. The van der Waals surface area contributed by atoms with Gasteiger partial charge >= 0.3 is 0 Å². The normalized spacial score (nSPS) is 10.9. The molecule has 5 aromatic rings. The molecule has 164 valence electrons. The number of benzene rings is 3. The molecule has 0 aliphatic rings. The van der Waals surface area contributed by atoms with Gasteiger partial charge < -0.3 is 19.0 Å². The molecule has 0 saturated heterocycles. The zero-order valence-corrected chi connectivity index (χ0v) is 17.7. The number of rotatable bonds is 7. The summed E-state index contributed by atoms with van der Waals surface area (Å²) in [5.74, 6) is 0.187. The molecule has 0 radical (unpaired) electrons. The van der Waals surface area contributed by atoms with Gasteiger partial charge in [-0.25, -0.2) is 4.39 Å². The topological polar surface area (TPSA) is 56.4 Å². The Hall–Kier alpha value is -4.32. The third-order valence-electron chi connectivity index (χ3n) is 5.32. The molecule has 33 heavy (non-hydrogen) atoms. The zero-order valence-electron chi connectivity index (χ0n) is 17.7. The number of halogens is 1. The molecule has 0 atom stereocenters. The van der Waals surface area contributed by atoms with E-state index in [1.54, 1.807) is 24.5 Å². The minimum atomic E-state index is -0.316. The number of furan rings is 1. The highest BCUT2D eigenvalue weighted by molar-refractivity contribution is 6.05. The summed E-state index contributed by atoms with van der Waals surface area (Å²) < 4.78 is 26.8. The smallest absolute Gasteiger partial charge is 0.272 e. The molecule has 0 fully saturated rings. The lowest BCUT2D eigenvalue weighted by Crippen LogP contribution is -2.17. The maximum atomic E-state index is 13.7. The number of hydrogen-bond donors (Lipinski definition) is 1. The Labute approximate surface area is 190 Å². The van der Waals surface area contributed by atoms with E-state index in [4.69, 9.17) is 9.15 Å². The third-order valence-corrected chi connectivity index (χ3v) is 5.32. The maximum absolute atomic E-state index is 13.7. The van der Waals surface area contributed by atoms with Crippen molar-refractivity contribution in [2.75, 3.05) is 5.32 Å². The number of amides is 1. The second-order valence-electron chi connectivity index (χ2n) is 7.67. The van der Waals surface area contributed by atoms with Gasteiger partial charge in [0.1, 0.15) is 23.9 Å². The SMILES string of the molecule is O=C(Nc1cccc(COc2ccccc2)c1)c1cc2occc2n1Cc1cccc(F)c1. The first-order valence-electron chi connectivity index (χ1n) is 10.5. The van der Waals surface area contributed by atoms with Crippen LogP contribution in [-0.2, 0) is 13.2 Å². The van der Waals surface area contributed by atoms with Crippen molar-refractivity contribution in [3.05, 3.63) is 120 Å². The molecular formula is C27H21FN2O3. The lowest BCUT2D eigenvalue weighted by molar-refractivity contribution is 0.101. The van der Waals surface area contributed by atoms with Crippen LogP contribution in [0.5, 0.6) is 5.75 Å². The van der Waals surface area contributed by atoms with E-state index >= 15 is 0 Å². The fourth-order valence-corrected chi connectivity index (χ4v) is 3.77. The molecule has 0 aliphatic carbocycles. The Morgan fingerprint density at radius 3 is 2.58 bits per heavy atom. The van der Waals surface area contributed by atoms with Crippen LogP contribution in [0, 0.1) is 5.82 Å². The van der Waals surface area contributed by atoms with E-state index in [9.17, 15) is 9.18 Å². The molecule has 2 heterocycles. The van der Waals surface area contributed by atoms with Gasteiger partial charge in [0.15, 0.2) is 5.58 Å². The van der Waals surface area contributed by atoms with Gasteiger partial charge in [-0.05, 0) is 47.5 Å². The van der Waals surface area contributed by atoms with Crippen LogP contribution in [0.2, 0.25) is 0 Å². The fourth-order valence-electron chi connectivity index (χ4n) is 3.77. The number of ether oxygens (including phenoxy) is 1. The van der Waals surface area contributed by atoms with Crippen LogP contribution in [0.3, 0.4) is 0 Å². The van der Waals surface area contributed by atoms with Gasteiger partial charge in [0, 0.05) is 24.4 Å².